The fourth-order valence-corrected chi connectivity index (χ4v) is 1.34. The summed E-state index contributed by atoms with van der Waals surface area (Å²) in [5.74, 6) is 1.32. The minimum absolute atomic E-state index is 0.634. The second-order valence-electron chi connectivity index (χ2n) is 3.67. The summed E-state index contributed by atoms with van der Waals surface area (Å²) in [5, 5.41) is 4.16. The van der Waals surface area contributed by atoms with Gasteiger partial charge in [0.05, 0.1) is 0 Å². The van der Waals surface area contributed by atoms with Crippen LogP contribution in [0.1, 0.15) is 25.1 Å². The molecular weight excluding hydrogens is 150 g/mol. The lowest BCUT2D eigenvalue weighted by Gasteiger charge is -2.04. The summed E-state index contributed by atoms with van der Waals surface area (Å²) < 4.78 is 1.84. The van der Waals surface area contributed by atoms with Crippen molar-refractivity contribution in [2.24, 2.45) is 13.0 Å². The molecule has 0 bridgehead atoms. The number of hydrogen-bond acceptors (Lipinski definition) is 2. The van der Waals surface area contributed by atoms with Gasteiger partial charge in [0.15, 0.2) is 0 Å². The molecule has 3 nitrogen and oxygen atoms in total. The van der Waals surface area contributed by atoms with Crippen LogP contribution in [-0.4, -0.2) is 9.78 Å². The lowest BCUT2D eigenvalue weighted by atomic mass is 10.0. The molecular formula is C9H17N3. The Morgan fingerprint density at radius 2 is 2.08 bits per heavy atom. The van der Waals surface area contributed by atoms with Crippen LogP contribution < -0.4 is 5.73 Å². The molecule has 0 atom stereocenters. The Morgan fingerprint density at radius 1 is 1.50 bits per heavy atom. The quantitative estimate of drug-likeness (QED) is 0.725. The van der Waals surface area contributed by atoms with E-state index in [0.29, 0.717) is 11.7 Å². The van der Waals surface area contributed by atoms with E-state index in [1.54, 1.807) is 0 Å². The summed E-state index contributed by atoms with van der Waals surface area (Å²) in [6.07, 6.45) is 1.02. The van der Waals surface area contributed by atoms with Gasteiger partial charge in [0.25, 0.3) is 0 Å². The van der Waals surface area contributed by atoms with Crippen LogP contribution >= 0.6 is 0 Å². The number of rotatable bonds is 2. The average molecular weight is 167 g/mol. The van der Waals surface area contributed by atoms with E-state index in [1.165, 1.54) is 11.3 Å². The Hall–Kier alpha value is -0.990. The van der Waals surface area contributed by atoms with E-state index in [1.807, 2.05) is 11.7 Å². The van der Waals surface area contributed by atoms with Gasteiger partial charge >= 0.3 is 0 Å². The molecule has 12 heavy (non-hydrogen) atoms. The third-order valence-electron chi connectivity index (χ3n) is 2.10. The summed E-state index contributed by atoms with van der Waals surface area (Å²) in [6.45, 7) is 6.43. The molecule has 0 saturated carbocycles. The van der Waals surface area contributed by atoms with Crippen LogP contribution in [-0.2, 0) is 13.5 Å². The Morgan fingerprint density at radius 3 is 2.42 bits per heavy atom. The highest BCUT2D eigenvalue weighted by Gasteiger charge is 2.10. The number of nitrogens with zero attached hydrogens (tertiary/aromatic N) is 2. The second kappa shape index (κ2) is 3.17. The van der Waals surface area contributed by atoms with Crippen molar-refractivity contribution in [1.29, 1.82) is 0 Å². The molecule has 0 aliphatic rings. The normalized spacial score (nSPS) is 11.1. The molecule has 0 aliphatic carbocycles. The van der Waals surface area contributed by atoms with Crippen molar-refractivity contribution < 1.29 is 0 Å². The Bertz CT molecular complexity index is 274. The zero-order valence-corrected chi connectivity index (χ0v) is 8.26. The first kappa shape index (κ1) is 9.10. The first-order valence-corrected chi connectivity index (χ1v) is 4.30. The predicted octanol–water partition coefficient (Wildman–Crippen LogP) is 1.51. The van der Waals surface area contributed by atoms with E-state index in [4.69, 9.17) is 5.73 Å². The number of nitrogens with two attached hydrogens (primary N) is 1. The van der Waals surface area contributed by atoms with E-state index in [-0.39, 0.29) is 0 Å². The fourth-order valence-electron chi connectivity index (χ4n) is 1.34. The van der Waals surface area contributed by atoms with E-state index < -0.39 is 0 Å². The van der Waals surface area contributed by atoms with Crippen molar-refractivity contribution in [3.05, 3.63) is 11.3 Å². The highest BCUT2D eigenvalue weighted by Crippen LogP contribution is 2.18. The van der Waals surface area contributed by atoms with Gasteiger partial charge in [-0.15, -0.1) is 0 Å². The minimum atomic E-state index is 0.634. The molecule has 68 valence electrons. The highest BCUT2D eigenvalue weighted by molar-refractivity contribution is 5.42. The van der Waals surface area contributed by atoms with Gasteiger partial charge in [-0.05, 0) is 19.3 Å². The van der Waals surface area contributed by atoms with Gasteiger partial charge in [0.2, 0.25) is 0 Å². The molecule has 0 saturated heterocycles. The second-order valence-corrected chi connectivity index (χ2v) is 3.67. The summed E-state index contributed by atoms with van der Waals surface area (Å²) in [5.41, 5.74) is 8.14. The Labute approximate surface area is 73.6 Å². The lowest BCUT2D eigenvalue weighted by molar-refractivity contribution is 0.642. The number of hydrogen-bond donors (Lipinski definition) is 1. The molecule has 1 aromatic heterocycles. The fraction of sp³-hybridized carbons (Fsp3) is 0.667. The Kier molecular flexibility index (Phi) is 2.40. The van der Waals surface area contributed by atoms with Crippen LogP contribution in [0.5, 0.6) is 0 Å². The summed E-state index contributed by atoms with van der Waals surface area (Å²) in [4.78, 5) is 0. The summed E-state index contributed by atoms with van der Waals surface area (Å²) >= 11 is 0. The molecule has 0 radical (unpaired) electrons. The van der Waals surface area contributed by atoms with Crippen molar-refractivity contribution in [3.8, 4) is 0 Å². The zero-order valence-electron chi connectivity index (χ0n) is 8.26. The van der Waals surface area contributed by atoms with Gasteiger partial charge in [-0.1, -0.05) is 13.8 Å². The van der Waals surface area contributed by atoms with Gasteiger partial charge in [-0.25, -0.2) is 0 Å². The third-order valence-corrected chi connectivity index (χ3v) is 2.10. The molecule has 3 heteroatoms. The van der Waals surface area contributed by atoms with Crippen LogP contribution in [0.15, 0.2) is 0 Å². The first-order valence-electron chi connectivity index (χ1n) is 4.30. The summed E-state index contributed by atoms with van der Waals surface area (Å²) in [7, 11) is 1.93. The van der Waals surface area contributed by atoms with E-state index in [0.717, 1.165) is 6.42 Å². The number of aromatic nitrogens is 2. The third kappa shape index (κ3) is 1.60. The van der Waals surface area contributed by atoms with Crippen LogP contribution in [0.4, 0.5) is 5.82 Å². The Balaban J connectivity index is 2.97. The van der Waals surface area contributed by atoms with Gasteiger partial charge in [-0.3, -0.25) is 4.68 Å². The minimum Gasteiger partial charge on any atom is -0.382 e. The molecule has 1 aromatic rings. The zero-order chi connectivity index (χ0) is 9.30. The molecule has 2 N–H and O–H groups in total. The van der Waals surface area contributed by atoms with Crippen LogP contribution in [0, 0.1) is 12.8 Å². The van der Waals surface area contributed by atoms with Crippen molar-refractivity contribution in [3.63, 3.8) is 0 Å². The molecule has 1 heterocycles. The van der Waals surface area contributed by atoms with E-state index >= 15 is 0 Å². The molecule has 0 amide bonds. The van der Waals surface area contributed by atoms with Gasteiger partial charge in [-0.2, -0.15) is 5.10 Å². The van der Waals surface area contributed by atoms with Crippen molar-refractivity contribution in [2.75, 3.05) is 5.73 Å². The topological polar surface area (TPSA) is 43.8 Å². The maximum Gasteiger partial charge on any atom is 0.148 e. The number of aryl methyl sites for hydroxylation is 1. The van der Waals surface area contributed by atoms with Crippen molar-refractivity contribution in [1.82, 2.24) is 9.78 Å². The number of nitrogen functional groups attached to an aromatic ring is 1. The molecule has 0 spiro atoms. The monoisotopic (exact) mass is 167 g/mol. The maximum absolute atomic E-state index is 5.76. The number of anilines is 1. The van der Waals surface area contributed by atoms with E-state index in [2.05, 4.69) is 25.9 Å². The van der Waals surface area contributed by atoms with Gasteiger partial charge in [0.1, 0.15) is 5.82 Å². The first-order chi connectivity index (χ1) is 5.52. The molecule has 0 fully saturated rings. The maximum atomic E-state index is 5.76. The summed E-state index contributed by atoms with van der Waals surface area (Å²) in [6, 6.07) is 0. The smallest absolute Gasteiger partial charge is 0.148 e. The van der Waals surface area contributed by atoms with E-state index in [9.17, 15) is 0 Å². The average Bonchev–Trinajstić information content (AvgIpc) is 2.16. The standard InChI is InChI=1S/C9H17N3/c1-6(2)5-8-7(3)12(4)11-9(8)10/h6H,5H2,1-4H3,(H2,10,11). The van der Waals surface area contributed by atoms with Crippen molar-refractivity contribution >= 4 is 5.82 Å². The molecule has 1 rings (SSSR count). The van der Waals surface area contributed by atoms with Crippen LogP contribution in [0.25, 0.3) is 0 Å². The predicted molar refractivity (Wildman–Crippen MR) is 50.9 cm³/mol. The SMILES string of the molecule is Cc1c(CC(C)C)c(N)nn1C. The molecule has 0 unspecified atom stereocenters. The highest BCUT2D eigenvalue weighted by atomic mass is 15.3. The lowest BCUT2D eigenvalue weighted by Crippen LogP contribution is -1.99. The molecule has 0 aliphatic heterocycles. The van der Waals surface area contributed by atoms with Crippen molar-refractivity contribution in [2.45, 2.75) is 27.2 Å². The van der Waals surface area contributed by atoms with Gasteiger partial charge in [0, 0.05) is 18.3 Å². The largest absolute Gasteiger partial charge is 0.382 e. The van der Waals surface area contributed by atoms with Crippen LogP contribution in [0.3, 0.4) is 0 Å². The van der Waals surface area contributed by atoms with Crippen LogP contribution in [0.2, 0.25) is 0 Å². The van der Waals surface area contributed by atoms with Gasteiger partial charge < -0.3 is 5.73 Å². The molecule has 0 aromatic carbocycles.